The summed E-state index contributed by atoms with van der Waals surface area (Å²) in [5.74, 6) is 0.352. The summed E-state index contributed by atoms with van der Waals surface area (Å²) in [6.07, 6.45) is 40.9. The van der Waals surface area contributed by atoms with Gasteiger partial charge < -0.3 is 4.79 Å². The molecule has 198 valence electrons. The maximum atomic E-state index is 10.9. The SMILES string of the molecule is CCCCCCCCCCCCCCCCCCCCCCCCCCCCCCC(C)=O. The molecule has 0 aliphatic heterocycles. The van der Waals surface area contributed by atoms with E-state index < -0.39 is 0 Å². The first-order valence-corrected chi connectivity index (χ1v) is 15.8. The van der Waals surface area contributed by atoms with Crippen molar-refractivity contribution >= 4 is 5.78 Å². The molecule has 0 aromatic rings. The van der Waals surface area contributed by atoms with Gasteiger partial charge in [-0.1, -0.05) is 180 Å². The minimum atomic E-state index is 0.352. The van der Waals surface area contributed by atoms with E-state index in [1.54, 1.807) is 6.92 Å². The largest absolute Gasteiger partial charge is 0.300 e. The zero-order valence-electron chi connectivity index (χ0n) is 23.4. The summed E-state index contributed by atoms with van der Waals surface area (Å²) in [5, 5.41) is 0. The highest BCUT2D eigenvalue weighted by molar-refractivity contribution is 5.75. The minimum Gasteiger partial charge on any atom is -0.300 e. The number of carbonyl (C=O) groups is 1. The Hall–Kier alpha value is -0.330. The van der Waals surface area contributed by atoms with Crippen LogP contribution in [0, 0.1) is 0 Å². The molecule has 0 saturated carbocycles. The number of hydrogen-bond donors (Lipinski definition) is 0. The Bertz CT molecular complexity index is 362. The number of unbranched alkanes of at least 4 members (excludes halogenated alkanes) is 27. The summed E-state index contributed by atoms with van der Waals surface area (Å²) in [4.78, 5) is 10.9. The topological polar surface area (TPSA) is 17.1 Å². The van der Waals surface area contributed by atoms with Crippen LogP contribution in [0.25, 0.3) is 0 Å². The molecular formula is C32H64O. The van der Waals surface area contributed by atoms with E-state index in [9.17, 15) is 4.79 Å². The second-order valence-electron chi connectivity index (χ2n) is 11.0. The Morgan fingerprint density at radius 2 is 0.515 bits per heavy atom. The molecule has 0 atom stereocenters. The van der Waals surface area contributed by atoms with Crippen molar-refractivity contribution in [3.63, 3.8) is 0 Å². The van der Waals surface area contributed by atoms with Gasteiger partial charge in [-0.25, -0.2) is 0 Å². The van der Waals surface area contributed by atoms with Gasteiger partial charge in [-0.2, -0.15) is 0 Å². The average molecular weight is 465 g/mol. The summed E-state index contributed by atoms with van der Waals surface area (Å²) >= 11 is 0. The molecule has 0 fully saturated rings. The lowest BCUT2D eigenvalue weighted by Gasteiger charge is -2.04. The van der Waals surface area contributed by atoms with Gasteiger partial charge in [-0.15, -0.1) is 0 Å². The Morgan fingerprint density at radius 1 is 0.333 bits per heavy atom. The van der Waals surface area contributed by atoms with E-state index in [-0.39, 0.29) is 0 Å². The quantitative estimate of drug-likeness (QED) is 0.101. The Balaban J connectivity index is 3.01. The summed E-state index contributed by atoms with van der Waals surface area (Å²) in [5.41, 5.74) is 0. The third-order valence-corrected chi connectivity index (χ3v) is 7.38. The van der Waals surface area contributed by atoms with Crippen molar-refractivity contribution in [1.82, 2.24) is 0 Å². The lowest BCUT2D eigenvalue weighted by molar-refractivity contribution is -0.117. The van der Waals surface area contributed by atoms with Crippen LogP contribution in [0.4, 0.5) is 0 Å². The average Bonchev–Trinajstić information content (AvgIpc) is 2.80. The highest BCUT2D eigenvalue weighted by atomic mass is 16.1. The van der Waals surface area contributed by atoms with E-state index in [2.05, 4.69) is 6.92 Å². The summed E-state index contributed by atoms with van der Waals surface area (Å²) in [6, 6.07) is 0. The standard InChI is InChI=1S/C32H64O/c1-3-4-5-6-7-8-9-10-11-12-13-14-15-16-17-18-19-20-21-22-23-24-25-26-27-28-29-30-31-32(2)33/h3-31H2,1-2H3. The number of carbonyl (C=O) groups excluding carboxylic acids is 1. The maximum absolute atomic E-state index is 10.9. The van der Waals surface area contributed by atoms with Crippen LogP contribution >= 0.6 is 0 Å². The van der Waals surface area contributed by atoms with Crippen LogP contribution in [-0.4, -0.2) is 5.78 Å². The van der Waals surface area contributed by atoms with Gasteiger partial charge in [0.2, 0.25) is 0 Å². The highest BCUT2D eigenvalue weighted by Crippen LogP contribution is 2.16. The zero-order valence-corrected chi connectivity index (χ0v) is 23.4. The maximum Gasteiger partial charge on any atom is 0.129 e. The molecule has 1 heteroatoms. The van der Waals surface area contributed by atoms with Gasteiger partial charge >= 0.3 is 0 Å². The molecule has 0 bridgehead atoms. The summed E-state index contributed by atoms with van der Waals surface area (Å²) < 4.78 is 0. The Labute approximate surface area is 210 Å². The van der Waals surface area contributed by atoms with Crippen molar-refractivity contribution in [1.29, 1.82) is 0 Å². The third kappa shape index (κ3) is 31.7. The lowest BCUT2D eigenvalue weighted by Crippen LogP contribution is -1.89. The molecule has 0 rings (SSSR count). The van der Waals surface area contributed by atoms with Crippen molar-refractivity contribution in [3.05, 3.63) is 0 Å². The monoisotopic (exact) mass is 464 g/mol. The van der Waals surface area contributed by atoms with Crippen molar-refractivity contribution in [3.8, 4) is 0 Å². The van der Waals surface area contributed by atoms with Gasteiger partial charge in [0.15, 0.2) is 0 Å². The number of rotatable bonds is 29. The van der Waals surface area contributed by atoms with Crippen molar-refractivity contribution in [2.24, 2.45) is 0 Å². The molecule has 1 nitrogen and oxygen atoms in total. The predicted molar refractivity (Wildman–Crippen MR) is 150 cm³/mol. The van der Waals surface area contributed by atoms with E-state index in [0.717, 1.165) is 12.8 Å². The molecule has 0 aliphatic rings. The molecule has 0 radical (unpaired) electrons. The Kier molecular flexibility index (Phi) is 29.4. The van der Waals surface area contributed by atoms with Gasteiger partial charge in [-0.3, -0.25) is 0 Å². The van der Waals surface area contributed by atoms with Crippen molar-refractivity contribution < 1.29 is 4.79 Å². The molecule has 0 aliphatic carbocycles. The molecular weight excluding hydrogens is 400 g/mol. The molecule has 0 aromatic heterocycles. The van der Waals surface area contributed by atoms with Crippen LogP contribution in [-0.2, 0) is 4.79 Å². The van der Waals surface area contributed by atoms with Crippen LogP contribution in [0.1, 0.15) is 200 Å². The lowest BCUT2D eigenvalue weighted by atomic mass is 10.0. The van der Waals surface area contributed by atoms with Gasteiger partial charge in [-0.05, 0) is 13.3 Å². The normalized spacial score (nSPS) is 11.3. The van der Waals surface area contributed by atoms with E-state index in [1.165, 1.54) is 173 Å². The van der Waals surface area contributed by atoms with Crippen LogP contribution in [0.3, 0.4) is 0 Å². The first-order valence-electron chi connectivity index (χ1n) is 15.8. The van der Waals surface area contributed by atoms with Gasteiger partial charge in [0, 0.05) is 6.42 Å². The van der Waals surface area contributed by atoms with E-state index >= 15 is 0 Å². The van der Waals surface area contributed by atoms with E-state index in [1.807, 2.05) is 0 Å². The second kappa shape index (κ2) is 29.7. The molecule has 0 amide bonds. The van der Waals surface area contributed by atoms with Crippen molar-refractivity contribution in [2.75, 3.05) is 0 Å². The number of hydrogen-bond acceptors (Lipinski definition) is 1. The third-order valence-electron chi connectivity index (χ3n) is 7.38. The van der Waals surface area contributed by atoms with Gasteiger partial charge in [0.25, 0.3) is 0 Å². The first-order chi connectivity index (χ1) is 16.3. The van der Waals surface area contributed by atoms with Crippen LogP contribution < -0.4 is 0 Å². The van der Waals surface area contributed by atoms with Crippen LogP contribution in [0.5, 0.6) is 0 Å². The molecule has 0 N–H and O–H groups in total. The highest BCUT2D eigenvalue weighted by Gasteiger charge is 1.97. The first kappa shape index (κ1) is 32.7. The smallest absolute Gasteiger partial charge is 0.129 e. The van der Waals surface area contributed by atoms with Gasteiger partial charge in [0.1, 0.15) is 5.78 Å². The van der Waals surface area contributed by atoms with E-state index in [0.29, 0.717) is 5.78 Å². The summed E-state index contributed by atoms with van der Waals surface area (Å²) in [7, 11) is 0. The molecule has 33 heavy (non-hydrogen) atoms. The van der Waals surface area contributed by atoms with Gasteiger partial charge in [0.05, 0.1) is 0 Å². The van der Waals surface area contributed by atoms with Crippen molar-refractivity contribution in [2.45, 2.75) is 200 Å². The molecule has 0 saturated heterocycles. The second-order valence-corrected chi connectivity index (χ2v) is 11.0. The molecule has 0 heterocycles. The fraction of sp³-hybridized carbons (Fsp3) is 0.969. The van der Waals surface area contributed by atoms with E-state index in [4.69, 9.17) is 0 Å². The minimum absolute atomic E-state index is 0.352. The fourth-order valence-electron chi connectivity index (χ4n) is 5.04. The molecule has 0 aromatic carbocycles. The summed E-state index contributed by atoms with van der Waals surface area (Å²) in [6.45, 7) is 4.01. The fourth-order valence-corrected chi connectivity index (χ4v) is 5.04. The Morgan fingerprint density at radius 3 is 0.697 bits per heavy atom. The molecule has 0 unspecified atom stereocenters. The van der Waals surface area contributed by atoms with Crippen LogP contribution in [0.2, 0.25) is 0 Å². The molecule has 0 spiro atoms. The predicted octanol–water partition coefficient (Wildman–Crippen LogP) is 11.9. The van der Waals surface area contributed by atoms with Crippen LogP contribution in [0.15, 0.2) is 0 Å². The number of ketones is 1. The zero-order chi connectivity index (χ0) is 24.1. The number of Topliss-reactive ketones (excluding diaryl/α,β-unsaturated/α-hetero) is 1.